The molecule has 1 aliphatic heterocycles. The molecule has 2 aromatic carbocycles. The van der Waals surface area contributed by atoms with Gasteiger partial charge in [0.1, 0.15) is 11.6 Å². The molecule has 2 aromatic rings. The summed E-state index contributed by atoms with van der Waals surface area (Å²) in [5, 5.41) is 5.40. The highest BCUT2D eigenvalue weighted by Gasteiger charge is 2.31. The van der Waals surface area contributed by atoms with Gasteiger partial charge < -0.3 is 10.6 Å². The third kappa shape index (κ3) is 4.92. The van der Waals surface area contributed by atoms with Crippen LogP contribution in [0.3, 0.4) is 0 Å². The molecule has 5 nitrogen and oxygen atoms in total. The molecular formula is C21H23F2N3O2. The van der Waals surface area contributed by atoms with Gasteiger partial charge in [-0.25, -0.2) is 8.78 Å². The number of hydrogen-bond acceptors (Lipinski definition) is 3. The fraction of sp³-hybridized carbons (Fsp3) is 0.333. The average Bonchev–Trinajstić information content (AvgIpc) is 2.70. The number of halogens is 2. The Labute approximate surface area is 162 Å². The summed E-state index contributed by atoms with van der Waals surface area (Å²) in [7, 11) is 0. The SMILES string of the molecule is CC(C(=O)Nc1ccc(F)cc1F)N1CCCC(C(=O)Nc2ccccc2)C1. The van der Waals surface area contributed by atoms with E-state index >= 15 is 0 Å². The van der Waals surface area contributed by atoms with Crippen LogP contribution in [0.4, 0.5) is 20.2 Å². The third-order valence-corrected chi connectivity index (χ3v) is 4.98. The molecule has 2 atom stereocenters. The van der Waals surface area contributed by atoms with Crippen molar-refractivity contribution in [2.24, 2.45) is 5.92 Å². The second-order valence-electron chi connectivity index (χ2n) is 6.98. The Bertz CT molecular complexity index is 845. The summed E-state index contributed by atoms with van der Waals surface area (Å²) in [6.45, 7) is 2.84. The maximum absolute atomic E-state index is 13.8. The Hall–Kier alpha value is -2.80. The molecule has 1 fully saturated rings. The number of nitrogens with one attached hydrogen (secondary N) is 2. The van der Waals surface area contributed by atoms with Crippen LogP contribution in [0, 0.1) is 17.6 Å². The highest BCUT2D eigenvalue weighted by Crippen LogP contribution is 2.22. The van der Waals surface area contributed by atoms with Crippen LogP contribution < -0.4 is 10.6 Å². The fourth-order valence-electron chi connectivity index (χ4n) is 3.33. The lowest BCUT2D eigenvalue weighted by molar-refractivity contribution is -0.125. The number of amides is 2. The fourth-order valence-corrected chi connectivity index (χ4v) is 3.33. The van der Waals surface area contributed by atoms with Gasteiger partial charge in [0.2, 0.25) is 11.8 Å². The van der Waals surface area contributed by atoms with Crippen molar-refractivity contribution in [2.75, 3.05) is 23.7 Å². The van der Waals surface area contributed by atoms with E-state index in [1.807, 2.05) is 35.2 Å². The molecule has 2 unspecified atom stereocenters. The summed E-state index contributed by atoms with van der Waals surface area (Å²) < 4.78 is 26.8. The zero-order chi connectivity index (χ0) is 20.1. The normalized spacial score (nSPS) is 18.3. The largest absolute Gasteiger partial charge is 0.326 e. The minimum absolute atomic E-state index is 0.0615. The summed E-state index contributed by atoms with van der Waals surface area (Å²) in [6.07, 6.45) is 1.53. The molecule has 148 valence electrons. The van der Waals surface area contributed by atoms with Gasteiger partial charge in [0.25, 0.3) is 0 Å². The van der Waals surface area contributed by atoms with Crippen LogP contribution >= 0.6 is 0 Å². The Morgan fingerprint density at radius 3 is 2.57 bits per heavy atom. The van der Waals surface area contributed by atoms with Crippen molar-refractivity contribution in [1.29, 1.82) is 0 Å². The first kappa shape index (κ1) is 19.9. The minimum Gasteiger partial charge on any atom is -0.326 e. The number of likely N-dealkylation sites (tertiary alicyclic amines) is 1. The van der Waals surface area contributed by atoms with Gasteiger partial charge in [-0.3, -0.25) is 14.5 Å². The second kappa shape index (κ2) is 8.93. The van der Waals surface area contributed by atoms with Gasteiger partial charge in [0.05, 0.1) is 17.6 Å². The highest BCUT2D eigenvalue weighted by atomic mass is 19.1. The van der Waals surface area contributed by atoms with Gasteiger partial charge in [-0.2, -0.15) is 0 Å². The zero-order valence-electron chi connectivity index (χ0n) is 15.6. The van der Waals surface area contributed by atoms with E-state index in [1.54, 1.807) is 6.92 Å². The van der Waals surface area contributed by atoms with Gasteiger partial charge in [-0.1, -0.05) is 18.2 Å². The quantitative estimate of drug-likeness (QED) is 0.823. The number of nitrogens with zero attached hydrogens (tertiary/aromatic N) is 1. The van der Waals surface area contributed by atoms with E-state index in [1.165, 1.54) is 6.07 Å². The second-order valence-corrected chi connectivity index (χ2v) is 6.98. The summed E-state index contributed by atoms with van der Waals surface area (Å²) >= 11 is 0. The Morgan fingerprint density at radius 1 is 1.11 bits per heavy atom. The smallest absolute Gasteiger partial charge is 0.241 e. The molecule has 1 saturated heterocycles. The summed E-state index contributed by atoms with van der Waals surface area (Å²) in [5.74, 6) is -2.22. The van der Waals surface area contributed by atoms with Crippen LogP contribution in [0.5, 0.6) is 0 Å². The van der Waals surface area contributed by atoms with E-state index in [2.05, 4.69) is 10.6 Å². The van der Waals surface area contributed by atoms with Gasteiger partial charge in [0.15, 0.2) is 0 Å². The Kier molecular flexibility index (Phi) is 6.36. The molecule has 0 radical (unpaired) electrons. The van der Waals surface area contributed by atoms with Crippen molar-refractivity contribution < 1.29 is 18.4 Å². The molecule has 0 spiro atoms. The molecule has 0 aliphatic carbocycles. The number of carbonyl (C=O) groups is 2. The first-order chi connectivity index (χ1) is 13.4. The first-order valence-corrected chi connectivity index (χ1v) is 9.30. The molecule has 3 rings (SSSR count). The van der Waals surface area contributed by atoms with Crippen molar-refractivity contribution >= 4 is 23.2 Å². The number of para-hydroxylation sites is 1. The van der Waals surface area contributed by atoms with E-state index in [9.17, 15) is 18.4 Å². The molecule has 1 aliphatic rings. The van der Waals surface area contributed by atoms with Gasteiger partial charge >= 0.3 is 0 Å². The molecular weight excluding hydrogens is 364 g/mol. The van der Waals surface area contributed by atoms with E-state index in [-0.39, 0.29) is 17.5 Å². The van der Waals surface area contributed by atoms with Crippen LogP contribution in [-0.4, -0.2) is 35.8 Å². The first-order valence-electron chi connectivity index (χ1n) is 9.30. The lowest BCUT2D eigenvalue weighted by Crippen LogP contribution is -2.49. The maximum atomic E-state index is 13.8. The van der Waals surface area contributed by atoms with E-state index in [0.717, 1.165) is 30.7 Å². The van der Waals surface area contributed by atoms with E-state index in [4.69, 9.17) is 0 Å². The number of rotatable bonds is 5. The molecule has 7 heteroatoms. The predicted molar refractivity (Wildman–Crippen MR) is 104 cm³/mol. The maximum Gasteiger partial charge on any atom is 0.241 e. The summed E-state index contributed by atoms with van der Waals surface area (Å²) in [6, 6.07) is 11.7. The lowest BCUT2D eigenvalue weighted by Gasteiger charge is -2.35. The number of anilines is 2. The number of benzene rings is 2. The van der Waals surface area contributed by atoms with E-state index in [0.29, 0.717) is 13.1 Å². The predicted octanol–water partition coefficient (Wildman–Crippen LogP) is 3.64. The standard InChI is InChI=1S/C21H23F2N3O2/c1-14(20(27)25-19-10-9-16(22)12-18(19)23)26-11-5-6-15(13-26)21(28)24-17-7-3-2-4-8-17/h2-4,7-10,12,14-15H,5-6,11,13H2,1H3,(H,24,28)(H,25,27). The number of piperidine rings is 1. The molecule has 28 heavy (non-hydrogen) atoms. The summed E-state index contributed by atoms with van der Waals surface area (Å²) in [5.41, 5.74) is 0.677. The highest BCUT2D eigenvalue weighted by molar-refractivity contribution is 5.95. The van der Waals surface area contributed by atoms with Crippen LogP contribution in [0.1, 0.15) is 19.8 Å². The van der Waals surface area contributed by atoms with Crippen molar-refractivity contribution in [3.8, 4) is 0 Å². The van der Waals surface area contributed by atoms with Crippen molar-refractivity contribution in [3.05, 3.63) is 60.2 Å². The van der Waals surface area contributed by atoms with E-state index < -0.39 is 23.6 Å². The minimum atomic E-state index is -0.820. The lowest BCUT2D eigenvalue weighted by atomic mass is 9.95. The zero-order valence-corrected chi connectivity index (χ0v) is 15.6. The molecule has 2 amide bonds. The molecule has 0 aromatic heterocycles. The monoisotopic (exact) mass is 387 g/mol. The third-order valence-electron chi connectivity index (χ3n) is 4.98. The molecule has 2 N–H and O–H groups in total. The number of hydrogen-bond donors (Lipinski definition) is 2. The molecule has 0 saturated carbocycles. The molecule has 0 bridgehead atoms. The van der Waals surface area contributed by atoms with Gasteiger partial charge in [0, 0.05) is 18.3 Å². The average molecular weight is 387 g/mol. The summed E-state index contributed by atoms with van der Waals surface area (Å²) in [4.78, 5) is 27.0. The van der Waals surface area contributed by atoms with Crippen LogP contribution in [-0.2, 0) is 9.59 Å². The van der Waals surface area contributed by atoms with Gasteiger partial charge in [-0.15, -0.1) is 0 Å². The van der Waals surface area contributed by atoms with Gasteiger partial charge in [-0.05, 0) is 50.6 Å². The van der Waals surface area contributed by atoms with Crippen molar-refractivity contribution in [1.82, 2.24) is 4.90 Å². The van der Waals surface area contributed by atoms with Crippen LogP contribution in [0.2, 0.25) is 0 Å². The topological polar surface area (TPSA) is 61.4 Å². The van der Waals surface area contributed by atoms with Crippen molar-refractivity contribution in [2.45, 2.75) is 25.8 Å². The van der Waals surface area contributed by atoms with Crippen molar-refractivity contribution in [3.63, 3.8) is 0 Å². The molecule has 1 heterocycles. The van der Waals surface area contributed by atoms with Crippen LogP contribution in [0.25, 0.3) is 0 Å². The number of carbonyl (C=O) groups excluding carboxylic acids is 2. The Balaban J connectivity index is 1.59. The van der Waals surface area contributed by atoms with Crippen LogP contribution in [0.15, 0.2) is 48.5 Å². The Morgan fingerprint density at radius 2 is 1.86 bits per heavy atom.